The SMILES string of the molecule is CC(C)[Si](C#Cc1c2cc3c[c]([Sn]([CH3])([CH3])[CH3])sc3cc2c(C#C[Si](C(C)C)(C(C)C)C(C)C)c2cc3c[c]([Sn]([CH3])([CH3])[CH3])sc3cc12)(C(C)C)C(C)C. The Labute approximate surface area is 336 Å². The zero-order valence-corrected chi connectivity index (χ0v) is 45.1. The first-order valence-electron chi connectivity index (χ1n) is 19.9. The molecule has 0 nitrogen and oxygen atoms in total. The predicted molar refractivity (Wildman–Crippen MR) is 254 cm³/mol. The van der Waals surface area contributed by atoms with Crippen molar-refractivity contribution < 1.29 is 0 Å². The third-order valence-corrected chi connectivity index (χ3v) is 46.0. The molecule has 0 aliphatic carbocycles. The Bertz CT molecular complexity index is 1960. The van der Waals surface area contributed by atoms with Crippen molar-refractivity contribution in [2.45, 2.75) is 146 Å². The summed E-state index contributed by atoms with van der Waals surface area (Å²) in [7, 11) is -3.98. The third kappa shape index (κ3) is 7.55. The summed E-state index contributed by atoms with van der Waals surface area (Å²) in [6.45, 7) is 29.3. The van der Waals surface area contributed by atoms with Crippen LogP contribution in [0.15, 0.2) is 36.4 Å². The number of hydrogen-bond donors (Lipinski definition) is 0. The summed E-state index contributed by atoms with van der Waals surface area (Å²) in [5, 5.41) is 8.01. The first-order valence-corrected chi connectivity index (χ1v) is 46.0. The molecule has 0 amide bonds. The van der Waals surface area contributed by atoms with Gasteiger partial charge in [-0.05, 0) is 0 Å². The van der Waals surface area contributed by atoms with E-state index >= 15 is 0 Å². The number of benzene rings is 3. The minimum atomic E-state index is -2.30. The van der Waals surface area contributed by atoms with E-state index in [0.717, 1.165) is 0 Å². The van der Waals surface area contributed by atoms with Crippen molar-refractivity contribution in [1.29, 1.82) is 0 Å². The van der Waals surface area contributed by atoms with Crippen LogP contribution in [0, 0.1) is 22.9 Å². The van der Waals surface area contributed by atoms with E-state index in [0.29, 0.717) is 33.2 Å². The van der Waals surface area contributed by atoms with E-state index in [-0.39, 0.29) is 0 Å². The molecule has 5 aromatic rings. The summed E-state index contributed by atoms with van der Waals surface area (Å²) in [4.78, 5) is 15.3. The second kappa shape index (κ2) is 15.3. The van der Waals surface area contributed by atoms with Gasteiger partial charge in [0.1, 0.15) is 0 Å². The van der Waals surface area contributed by atoms with E-state index < -0.39 is 52.9 Å². The van der Waals surface area contributed by atoms with Gasteiger partial charge in [0.15, 0.2) is 0 Å². The van der Waals surface area contributed by atoms with Crippen molar-refractivity contribution in [3.63, 3.8) is 0 Å². The Morgan fingerprint density at radius 3 is 0.942 bits per heavy atom. The summed E-state index contributed by atoms with van der Waals surface area (Å²) in [6.07, 6.45) is 0. The Kier molecular flexibility index (Phi) is 12.5. The van der Waals surface area contributed by atoms with Gasteiger partial charge in [0.25, 0.3) is 0 Å². The fourth-order valence-corrected chi connectivity index (χ4v) is 32.7. The van der Waals surface area contributed by atoms with Gasteiger partial charge in [0.2, 0.25) is 0 Å². The fraction of sp³-hybridized carbons (Fsp3) is 0.522. The van der Waals surface area contributed by atoms with Gasteiger partial charge in [0, 0.05) is 0 Å². The number of thiophene rings is 2. The maximum atomic E-state index is 4.19. The van der Waals surface area contributed by atoms with Crippen LogP contribution in [-0.4, -0.2) is 52.9 Å². The van der Waals surface area contributed by atoms with Crippen molar-refractivity contribution >= 4 is 123 Å². The summed E-state index contributed by atoms with van der Waals surface area (Å²) in [5.41, 5.74) is 14.4. The molecule has 0 spiro atoms. The van der Waals surface area contributed by atoms with Gasteiger partial charge in [-0.25, -0.2) is 0 Å². The molecule has 3 aromatic carbocycles. The first kappa shape index (κ1) is 42.4. The molecule has 5 rings (SSSR count). The van der Waals surface area contributed by atoms with Crippen LogP contribution in [-0.2, 0) is 0 Å². The van der Waals surface area contributed by atoms with E-state index in [1.54, 1.807) is 5.79 Å². The van der Waals surface area contributed by atoms with Crippen molar-refractivity contribution in [1.82, 2.24) is 0 Å². The molecule has 0 saturated heterocycles. The molecule has 0 atom stereocenters. The Hall–Kier alpha value is -0.749. The van der Waals surface area contributed by atoms with Gasteiger partial charge in [-0.1, -0.05) is 0 Å². The maximum absolute atomic E-state index is 4.19. The summed E-state index contributed by atoms with van der Waals surface area (Å²) in [5.74, 6) is 8.16. The normalized spacial score (nSPS) is 13.5. The van der Waals surface area contributed by atoms with Gasteiger partial charge in [0.05, 0.1) is 0 Å². The van der Waals surface area contributed by atoms with Crippen molar-refractivity contribution in [3.05, 3.63) is 47.5 Å². The van der Waals surface area contributed by atoms with Gasteiger partial charge < -0.3 is 0 Å². The Balaban J connectivity index is 2.07. The summed E-state index contributed by atoms with van der Waals surface area (Å²) in [6, 6.07) is 15.2. The summed E-state index contributed by atoms with van der Waals surface area (Å²) < 4.78 is 6.10. The molecule has 278 valence electrons. The van der Waals surface area contributed by atoms with Crippen LogP contribution < -0.4 is 5.79 Å². The van der Waals surface area contributed by atoms with Gasteiger partial charge in [-0.3, -0.25) is 0 Å². The number of rotatable bonds is 8. The zero-order valence-electron chi connectivity index (χ0n) is 35.7. The zero-order chi connectivity index (χ0) is 38.9. The monoisotopic (exact) mass is 978 g/mol. The molecule has 0 saturated carbocycles. The van der Waals surface area contributed by atoms with Gasteiger partial charge >= 0.3 is 340 Å². The topological polar surface area (TPSA) is 0 Å². The molecule has 0 bridgehead atoms. The van der Waals surface area contributed by atoms with Crippen LogP contribution in [0.5, 0.6) is 0 Å². The van der Waals surface area contributed by atoms with Crippen LogP contribution in [0.4, 0.5) is 0 Å². The minimum absolute atomic E-state index is 0.583. The molecule has 0 N–H and O–H groups in total. The molecule has 2 heterocycles. The second-order valence-electron chi connectivity index (χ2n) is 19.6. The molecule has 2 aromatic heterocycles. The number of fused-ring (bicyclic) bond motifs is 4. The van der Waals surface area contributed by atoms with Crippen molar-refractivity contribution in [2.75, 3.05) is 0 Å². The molecule has 0 radical (unpaired) electrons. The number of hydrogen-bond acceptors (Lipinski definition) is 2. The van der Waals surface area contributed by atoms with E-state index in [4.69, 9.17) is 0 Å². The van der Waals surface area contributed by atoms with Crippen LogP contribution in [0.1, 0.15) is 94.2 Å². The van der Waals surface area contributed by atoms with E-state index in [1.165, 1.54) is 52.8 Å². The Morgan fingerprint density at radius 2 is 0.692 bits per heavy atom. The molecular weight excluding hydrogens is 910 g/mol. The average Bonchev–Trinajstić information content (AvgIpc) is 3.63. The standard InChI is InChI=1S/C40H48S2Si2.6CH3.2Sn/c1-25(2)43(26(3)4,27(5)6)19-15-33-35-21-31-13-17-42-40(31)24-38(35)34(16-20-44(28(7)8,29(9)10)30(11)12)36-22-32-14-18-41-39(32)23-37(33)36;;;;;;;;/h13-14,21-30H,1-12H3;6*1H3;;. The van der Waals surface area contributed by atoms with E-state index in [9.17, 15) is 0 Å². The van der Waals surface area contributed by atoms with Crippen molar-refractivity contribution in [3.8, 4) is 22.9 Å². The molecule has 52 heavy (non-hydrogen) atoms. The fourth-order valence-electron chi connectivity index (χ4n) is 9.51. The quantitative estimate of drug-likeness (QED) is 0.0826. The molecule has 6 heteroatoms. The van der Waals surface area contributed by atoms with Crippen LogP contribution in [0.3, 0.4) is 0 Å². The predicted octanol–water partition coefficient (Wildman–Crippen LogP) is 14.7. The van der Waals surface area contributed by atoms with Crippen LogP contribution in [0.25, 0.3) is 41.7 Å². The van der Waals surface area contributed by atoms with Crippen LogP contribution in [0.2, 0.25) is 62.9 Å². The first-order chi connectivity index (χ1) is 24.0. The van der Waals surface area contributed by atoms with Gasteiger partial charge in [-0.2, -0.15) is 0 Å². The van der Waals surface area contributed by atoms with Crippen molar-refractivity contribution in [2.24, 2.45) is 0 Å². The molecule has 0 fully saturated rings. The summed E-state index contributed by atoms with van der Waals surface area (Å²) >= 11 is -0.502. The molecular formula is C46H66S2Si2Sn2. The second-order valence-corrected chi connectivity index (χ2v) is 63.8. The molecule has 0 aliphatic heterocycles. The Morgan fingerprint density at radius 1 is 0.423 bits per heavy atom. The van der Waals surface area contributed by atoms with E-state index in [1.807, 2.05) is 22.7 Å². The third-order valence-electron chi connectivity index (χ3n) is 12.4. The van der Waals surface area contributed by atoms with Crippen LogP contribution >= 0.6 is 22.7 Å². The van der Waals surface area contributed by atoms with E-state index in [2.05, 4.69) is 172 Å². The average molecular weight is 977 g/mol. The van der Waals surface area contributed by atoms with Gasteiger partial charge in [-0.15, -0.1) is 0 Å². The molecule has 0 aliphatic rings. The molecule has 0 unspecified atom stereocenters.